The van der Waals surface area contributed by atoms with Crippen molar-refractivity contribution in [3.05, 3.63) is 0 Å². The Balaban J connectivity index is 2.56. The van der Waals surface area contributed by atoms with Gasteiger partial charge in [0.25, 0.3) is 0 Å². The van der Waals surface area contributed by atoms with Crippen molar-refractivity contribution >= 4 is 5.91 Å². The molecule has 0 aliphatic carbocycles. The molecule has 0 bridgehead atoms. The summed E-state index contributed by atoms with van der Waals surface area (Å²) in [7, 11) is 0. The van der Waals surface area contributed by atoms with E-state index in [-0.39, 0.29) is 5.92 Å². The van der Waals surface area contributed by atoms with Crippen molar-refractivity contribution in [3.8, 4) is 0 Å². The first-order valence-electron chi connectivity index (χ1n) is 7.21. The van der Waals surface area contributed by atoms with Crippen LogP contribution in [0.5, 0.6) is 0 Å². The first-order chi connectivity index (χ1) is 8.20. The van der Waals surface area contributed by atoms with Crippen LogP contribution in [0.3, 0.4) is 0 Å². The highest BCUT2D eigenvalue weighted by atomic mass is 16.2. The predicted molar refractivity (Wildman–Crippen MR) is 72.0 cm³/mol. The highest BCUT2D eigenvalue weighted by Gasteiger charge is 2.27. The first-order valence-corrected chi connectivity index (χ1v) is 7.21. The van der Waals surface area contributed by atoms with E-state index in [0.717, 1.165) is 51.7 Å². The van der Waals surface area contributed by atoms with E-state index in [4.69, 9.17) is 0 Å². The van der Waals surface area contributed by atoms with E-state index in [1.807, 2.05) is 0 Å². The molecule has 0 aromatic rings. The molecular formula is C14H28N2O. The molecule has 0 radical (unpaired) electrons. The molecule has 3 heteroatoms. The van der Waals surface area contributed by atoms with Gasteiger partial charge in [0, 0.05) is 18.5 Å². The minimum Gasteiger partial charge on any atom is -0.340 e. The van der Waals surface area contributed by atoms with Gasteiger partial charge in [-0.05, 0) is 45.7 Å². The number of hydrogen-bond acceptors (Lipinski definition) is 2. The lowest BCUT2D eigenvalue weighted by atomic mass is 9.95. The molecule has 1 atom stereocenters. The quantitative estimate of drug-likeness (QED) is 0.773. The summed E-state index contributed by atoms with van der Waals surface area (Å²) in [4.78, 5) is 14.6. The molecule has 0 saturated carbocycles. The van der Waals surface area contributed by atoms with Gasteiger partial charge in [-0.2, -0.15) is 0 Å². The van der Waals surface area contributed by atoms with Crippen molar-refractivity contribution in [1.29, 1.82) is 0 Å². The maximum Gasteiger partial charge on any atom is 0.226 e. The van der Waals surface area contributed by atoms with Crippen LogP contribution in [0.1, 0.15) is 52.9 Å². The largest absolute Gasteiger partial charge is 0.340 e. The highest BCUT2D eigenvalue weighted by molar-refractivity contribution is 5.79. The maximum absolute atomic E-state index is 12.5. The van der Waals surface area contributed by atoms with Crippen LogP contribution in [0.25, 0.3) is 0 Å². The topological polar surface area (TPSA) is 32.3 Å². The summed E-state index contributed by atoms with van der Waals surface area (Å²) in [6, 6.07) is 0.393. The third-order valence-electron chi connectivity index (χ3n) is 3.85. The van der Waals surface area contributed by atoms with E-state index in [1.54, 1.807) is 0 Å². The van der Waals surface area contributed by atoms with E-state index in [1.165, 1.54) is 0 Å². The molecule has 1 amide bonds. The summed E-state index contributed by atoms with van der Waals surface area (Å²) >= 11 is 0. The highest BCUT2D eigenvalue weighted by Crippen LogP contribution is 2.18. The molecule has 0 aromatic heterocycles. The van der Waals surface area contributed by atoms with Crippen molar-refractivity contribution in [2.75, 3.05) is 19.6 Å². The SMILES string of the molecule is CCCCN(C(=O)C1CCNCC1)C(C)CC. The van der Waals surface area contributed by atoms with Crippen molar-refractivity contribution in [3.63, 3.8) is 0 Å². The molecule has 1 heterocycles. The van der Waals surface area contributed by atoms with E-state index in [9.17, 15) is 4.79 Å². The molecule has 17 heavy (non-hydrogen) atoms. The smallest absolute Gasteiger partial charge is 0.226 e. The minimum absolute atomic E-state index is 0.266. The second kappa shape index (κ2) is 7.70. The van der Waals surface area contributed by atoms with Crippen LogP contribution in [0.4, 0.5) is 0 Å². The van der Waals surface area contributed by atoms with Crippen LogP contribution in [0.15, 0.2) is 0 Å². The van der Waals surface area contributed by atoms with Crippen molar-refractivity contribution in [1.82, 2.24) is 10.2 Å². The molecule has 1 fully saturated rings. The average Bonchev–Trinajstić information content (AvgIpc) is 2.39. The lowest BCUT2D eigenvalue weighted by Crippen LogP contribution is -2.45. The molecule has 1 unspecified atom stereocenters. The summed E-state index contributed by atoms with van der Waals surface area (Å²) < 4.78 is 0. The summed E-state index contributed by atoms with van der Waals surface area (Å²) in [6.07, 6.45) is 5.36. The Labute approximate surface area is 106 Å². The Bertz CT molecular complexity index is 224. The van der Waals surface area contributed by atoms with Gasteiger partial charge in [0.15, 0.2) is 0 Å². The van der Waals surface area contributed by atoms with Gasteiger partial charge in [0.05, 0.1) is 0 Å². The van der Waals surface area contributed by atoms with Gasteiger partial charge in [0.2, 0.25) is 5.91 Å². The van der Waals surface area contributed by atoms with Crippen LogP contribution >= 0.6 is 0 Å². The number of rotatable bonds is 6. The summed E-state index contributed by atoms with van der Waals surface area (Å²) in [6.45, 7) is 9.46. The Morgan fingerprint density at radius 1 is 1.35 bits per heavy atom. The maximum atomic E-state index is 12.5. The van der Waals surface area contributed by atoms with Crippen molar-refractivity contribution in [2.24, 2.45) is 5.92 Å². The molecular weight excluding hydrogens is 212 g/mol. The van der Waals surface area contributed by atoms with Crippen LogP contribution in [-0.4, -0.2) is 36.5 Å². The molecule has 1 saturated heterocycles. The standard InChI is InChI=1S/C14H28N2O/c1-4-6-11-16(12(3)5-2)14(17)13-7-9-15-10-8-13/h12-13,15H,4-11H2,1-3H3. The van der Waals surface area contributed by atoms with E-state index >= 15 is 0 Å². The second-order valence-corrected chi connectivity index (χ2v) is 5.17. The Hall–Kier alpha value is -0.570. The second-order valence-electron chi connectivity index (χ2n) is 5.17. The van der Waals surface area contributed by atoms with Gasteiger partial charge in [-0.1, -0.05) is 20.3 Å². The van der Waals surface area contributed by atoms with E-state index < -0.39 is 0 Å². The van der Waals surface area contributed by atoms with Gasteiger partial charge < -0.3 is 10.2 Å². The van der Waals surface area contributed by atoms with Crippen LogP contribution in [-0.2, 0) is 4.79 Å². The van der Waals surface area contributed by atoms with E-state index in [0.29, 0.717) is 11.9 Å². The predicted octanol–water partition coefficient (Wildman–Crippen LogP) is 2.41. The fourth-order valence-electron chi connectivity index (χ4n) is 2.40. The third-order valence-corrected chi connectivity index (χ3v) is 3.85. The van der Waals surface area contributed by atoms with Gasteiger partial charge in [0.1, 0.15) is 0 Å². The number of hydrogen-bond donors (Lipinski definition) is 1. The number of nitrogens with one attached hydrogen (secondary N) is 1. The third kappa shape index (κ3) is 4.30. The fraction of sp³-hybridized carbons (Fsp3) is 0.929. The molecule has 0 aromatic carbocycles. The van der Waals surface area contributed by atoms with Crippen LogP contribution < -0.4 is 5.32 Å². The zero-order valence-electron chi connectivity index (χ0n) is 11.7. The first kappa shape index (κ1) is 14.5. The number of unbranched alkanes of at least 4 members (excludes halogenated alkanes) is 1. The molecule has 1 N–H and O–H groups in total. The van der Waals surface area contributed by atoms with Crippen molar-refractivity contribution < 1.29 is 4.79 Å². The van der Waals surface area contributed by atoms with Crippen LogP contribution in [0.2, 0.25) is 0 Å². The minimum atomic E-state index is 0.266. The molecule has 3 nitrogen and oxygen atoms in total. The molecule has 1 aliphatic rings. The number of nitrogens with zero attached hydrogens (tertiary/aromatic N) is 1. The normalized spacial score (nSPS) is 19.0. The average molecular weight is 240 g/mol. The van der Waals surface area contributed by atoms with E-state index in [2.05, 4.69) is 31.0 Å². The summed E-state index contributed by atoms with van der Waals surface area (Å²) in [5.41, 5.74) is 0. The molecule has 0 spiro atoms. The summed E-state index contributed by atoms with van der Waals surface area (Å²) in [5.74, 6) is 0.663. The Morgan fingerprint density at radius 2 is 2.00 bits per heavy atom. The van der Waals surface area contributed by atoms with Gasteiger partial charge in [-0.25, -0.2) is 0 Å². The zero-order valence-corrected chi connectivity index (χ0v) is 11.7. The van der Waals surface area contributed by atoms with Gasteiger partial charge >= 0.3 is 0 Å². The number of piperidine rings is 1. The van der Waals surface area contributed by atoms with Gasteiger partial charge in [-0.3, -0.25) is 4.79 Å². The Kier molecular flexibility index (Phi) is 6.56. The monoisotopic (exact) mass is 240 g/mol. The van der Waals surface area contributed by atoms with Crippen molar-refractivity contribution in [2.45, 2.75) is 58.9 Å². The molecule has 1 rings (SSSR count). The molecule has 1 aliphatic heterocycles. The lowest BCUT2D eigenvalue weighted by Gasteiger charge is -2.33. The lowest BCUT2D eigenvalue weighted by molar-refractivity contribution is -0.138. The Morgan fingerprint density at radius 3 is 2.53 bits per heavy atom. The number of carbonyl (C=O) groups is 1. The summed E-state index contributed by atoms with van der Waals surface area (Å²) in [5, 5.41) is 3.32. The number of amides is 1. The fourth-order valence-corrected chi connectivity index (χ4v) is 2.40. The zero-order chi connectivity index (χ0) is 12.7. The molecule has 100 valence electrons. The number of carbonyl (C=O) groups excluding carboxylic acids is 1. The van der Waals surface area contributed by atoms with Gasteiger partial charge in [-0.15, -0.1) is 0 Å². The van der Waals surface area contributed by atoms with Crippen LogP contribution in [0, 0.1) is 5.92 Å².